The summed E-state index contributed by atoms with van der Waals surface area (Å²) in [4.78, 5) is 2.42. The number of nitrogens with zero attached hydrogens (tertiary/aromatic N) is 2. The Morgan fingerprint density at radius 3 is 2.15 bits per heavy atom. The monoisotopic (exact) mass is 342 g/mol. The van der Waals surface area contributed by atoms with E-state index in [0.29, 0.717) is 6.04 Å². The lowest BCUT2D eigenvalue weighted by molar-refractivity contribution is 0.592. The van der Waals surface area contributed by atoms with E-state index in [1.807, 2.05) is 0 Å². The summed E-state index contributed by atoms with van der Waals surface area (Å²) in [6.45, 7) is 4.54. The third-order valence-corrected chi connectivity index (χ3v) is 5.57. The van der Waals surface area contributed by atoms with Crippen molar-refractivity contribution in [2.75, 3.05) is 11.9 Å². The van der Waals surface area contributed by atoms with Crippen LogP contribution in [0.2, 0.25) is 0 Å². The van der Waals surface area contributed by atoms with Crippen molar-refractivity contribution in [3.05, 3.63) is 72.8 Å². The molecule has 1 heterocycles. The minimum absolute atomic E-state index is 0.571. The summed E-state index contributed by atoms with van der Waals surface area (Å²) >= 11 is 0. The van der Waals surface area contributed by atoms with Crippen molar-refractivity contribution in [3.8, 4) is 5.69 Å². The molecule has 0 unspecified atom stereocenters. The van der Waals surface area contributed by atoms with Gasteiger partial charge in [0.25, 0.3) is 0 Å². The Hall–Kier alpha value is -2.74. The quantitative estimate of drug-likeness (QED) is 0.407. The molecule has 4 rings (SSSR count). The minimum atomic E-state index is 0.571. The first-order valence-electron chi connectivity index (χ1n) is 9.56. The lowest BCUT2D eigenvalue weighted by Crippen LogP contribution is -2.30. The fraction of sp³-hybridized carbons (Fsp3) is 0.250. The van der Waals surface area contributed by atoms with Crippen molar-refractivity contribution in [3.63, 3.8) is 0 Å². The number of fused-ring (bicyclic) bond motifs is 3. The predicted molar refractivity (Wildman–Crippen MR) is 114 cm³/mol. The molecule has 0 saturated heterocycles. The van der Waals surface area contributed by atoms with E-state index in [1.54, 1.807) is 0 Å². The van der Waals surface area contributed by atoms with Crippen LogP contribution in [0.5, 0.6) is 0 Å². The highest BCUT2D eigenvalue weighted by Crippen LogP contribution is 2.34. The number of para-hydroxylation sites is 2. The second kappa shape index (κ2) is 6.87. The molecule has 132 valence electrons. The van der Waals surface area contributed by atoms with Crippen LogP contribution in [-0.4, -0.2) is 17.7 Å². The van der Waals surface area contributed by atoms with Crippen molar-refractivity contribution in [1.29, 1.82) is 0 Å². The highest BCUT2D eigenvalue weighted by atomic mass is 15.1. The van der Waals surface area contributed by atoms with Gasteiger partial charge in [0.1, 0.15) is 0 Å². The van der Waals surface area contributed by atoms with Gasteiger partial charge in [-0.25, -0.2) is 0 Å². The van der Waals surface area contributed by atoms with E-state index >= 15 is 0 Å². The second-order valence-electron chi connectivity index (χ2n) is 6.97. The van der Waals surface area contributed by atoms with Gasteiger partial charge in [-0.05, 0) is 43.2 Å². The van der Waals surface area contributed by atoms with E-state index in [1.165, 1.54) is 33.2 Å². The molecule has 0 bridgehead atoms. The second-order valence-corrected chi connectivity index (χ2v) is 6.97. The molecule has 0 aliphatic rings. The zero-order valence-electron chi connectivity index (χ0n) is 15.8. The van der Waals surface area contributed by atoms with Crippen LogP contribution in [-0.2, 0) is 0 Å². The van der Waals surface area contributed by atoms with Crippen LogP contribution in [0.4, 0.5) is 5.69 Å². The maximum atomic E-state index is 2.42. The first-order chi connectivity index (χ1) is 12.7. The molecular formula is C24H26N2. The smallest absolute Gasteiger partial charge is 0.0561 e. The summed E-state index contributed by atoms with van der Waals surface area (Å²) < 4.78 is 2.38. The fourth-order valence-corrected chi connectivity index (χ4v) is 4.08. The molecule has 0 saturated carbocycles. The standard InChI is InChI=1S/C24H26N2/c1-4-18(5-2)25(3)20-15-16-22-21-13-9-10-14-23(21)26(24(22)17-20)19-11-7-6-8-12-19/h6-18H,4-5H2,1-3H3. The summed E-state index contributed by atoms with van der Waals surface area (Å²) in [5, 5.41) is 2.62. The average Bonchev–Trinajstić information content (AvgIpc) is 3.03. The van der Waals surface area contributed by atoms with Crippen molar-refractivity contribution in [1.82, 2.24) is 4.57 Å². The number of benzene rings is 3. The summed E-state index contributed by atoms with van der Waals surface area (Å²) in [7, 11) is 2.22. The van der Waals surface area contributed by atoms with E-state index < -0.39 is 0 Å². The zero-order valence-corrected chi connectivity index (χ0v) is 15.8. The van der Waals surface area contributed by atoms with Gasteiger partial charge in [-0.15, -0.1) is 0 Å². The SMILES string of the molecule is CCC(CC)N(C)c1ccc2c3ccccc3n(-c3ccccc3)c2c1. The predicted octanol–water partition coefficient (Wildman–Crippen LogP) is 6.41. The third kappa shape index (κ3) is 2.66. The Labute approximate surface area is 155 Å². The van der Waals surface area contributed by atoms with Gasteiger partial charge >= 0.3 is 0 Å². The van der Waals surface area contributed by atoms with E-state index in [0.717, 1.165) is 12.8 Å². The van der Waals surface area contributed by atoms with E-state index in [-0.39, 0.29) is 0 Å². The van der Waals surface area contributed by atoms with E-state index in [9.17, 15) is 0 Å². The Morgan fingerprint density at radius 1 is 0.769 bits per heavy atom. The van der Waals surface area contributed by atoms with Crippen molar-refractivity contribution < 1.29 is 0 Å². The maximum Gasteiger partial charge on any atom is 0.0561 e. The molecule has 0 fully saturated rings. The number of hydrogen-bond acceptors (Lipinski definition) is 1. The number of aromatic nitrogens is 1. The molecule has 0 atom stereocenters. The van der Waals surface area contributed by atoms with Crippen molar-refractivity contribution in [2.24, 2.45) is 0 Å². The van der Waals surface area contributed by atoms with Crippen LogP contribution in [0.15, 0.2) is 72.8 Å². The van der Waals surface area contributed by atoms with Gasteiger partial charge < -0.3 is 9.47 Å². The topological polar surface area (TPSA) is 8.17 Å². The molecule has 4 aromatic rings. The molecule has 0 aliphatic heterocycles. The van der Waals surface area contributed by atoms with Crippen molar-refractivity contribution >= 4 is 27.5 Å². The van der Waals surface area contributed by atoms with E-state index in [4.69, 9.17) is 0 Å². The molecule has 2 heteroatoms. The first-order valence-corrected chi connectivity index (χ1v) is 9.56. The third-order valence-electron chi connectivity index (χ3n) is 5.57. The van der Waals surface area contributed by atoms with Gasteiger partial charge in [-0.3, -0.25) is 0 Å². The van der Waals surface area contributed by atoms with Gasteiger partial charge in [0.2, 0.25) is 0 Å². The van der Waals surface area contributed by atoms with Gasteiger partial charge in [0.05, 0.1) is 11.0 Å². The molecular weight excluding hydrogens is 316 g/mol. The number of hydrogen-bond donors (Lipinski definition) is 0. The average molecular weight is 342 g/mol. The summed E-state index contributed by atoms with van der Waals surface area (Å²) in [5.41, 5.74) is 5.02. The molecule has 1 aromatic heterocycles. The largest absolute Gasteiger partial charge is 0.372 e. The molecule has 0 aliphatic carbocycles. The Balaban J connectivity index is 1.99. The summed E-state index contributed by atoms with van der Waals surface area (Å²) in [6.07, 6.45) is 2.32. The van der Waals surface area contributed by atoms with Crippen molar-refractivity contribution in [2.45, 2.75) is 32.7 Å². The van der Waals surface area contributed by atoms with Crippen LogP contribution in [0.3, 0.4) is 0 Å². The lowest BCUT2D eigenvalue weighted by Gasteiger charge is -2.28. The normalized spacial score (nSPS) is 11.5. The molecule has 0 amide bonds. The molecule has 0 radical (unpaired) electrons. The zero-order chi connectivity index (χ0) is 18.1. The van der Waals surface area contributed by atoms with Crippen LogP contribution < -0.4 is 4.90 Å². The maximum absolute atomic E-state index is 2.42. The molecule has 0 N–H and O–H groups in total. The van der Waals surface area contributed by atoms with Crippen LogP contribution in [0.1, 0.15) is 26.7 Å². The molecule has 0 spiro atoms. The highest BCUT2D eigenvalue weighted by molar-refractivity contribution is 6.10. The van der Waals surface area contributed by atoms with E-state index in [2.05, 4.69) is 103 Å². The van der Waals surface area contributed by atoms with Gasteiger partial charge in [0, 0.05) is 35.2 Å². The Morgan fingerprint density at radius 2 is 1.42 bits per heavy atom. The molecule has 2 nitrogen and oxygen atoms in total. The number of rotatable bonds is 5. The lowest BCUT2D eigenvalue weighted by atomic mass is 10.1. The fourth-order valence-electron chi connectivity index (χ4n) is 4.08. The van der Waals surface area contributed by atoms with Crippen LogP contribution >= 0.6 is 0 Å². The molecule has 3 aromatic carbocycles. The minimum Gasteiger partial charge on any atom is -0.372 e. The van der Waals surface area contributed by atoms with Crippen LogP contribution in [0, 0.1) is 0 Å². The van der Waals surface area contributed by atoms with Gasteiger partial charge in [-0.1, -0.05) is 56.3 Å². The van der Waals surface area contributed by atoms with Gasteiger partial charge in [-0.2, -0.15) is 0 Å². The molecule has 26 heavy (non-hydrogen) atoms. The summed E-state index contributed by atoms with van der Waals surface area (Å²) in [6, 6.07) is 26.8. The first kappa shape index (κ1) is 16.7. The highest BCUT2D eigenvalue weighted by Gasteiger charge is 2.15. The van der Waals surface area contributed by atoms with Crippen LogP contribution in [0.25, 0.3) is 27.5 Å². The summed E-state index contributed by atoms with van der Waals surface area (Å²) in [5.74, 6) is 0. The van der Waals surface area contributed by atoms with Gasteiger partial charge in [0.15, 0.2) is 0 Å². The number of anilines is 1. The Kier molecular flexibility index (Phi) is 4.42. The Bertz CT molecular complexity index is 1030.